The summed E-state index contributed by atoms with van der Waals surface area (Å²) in [4.78, 5) is 12.3. The molecule has 0 bridgehead atoms. The number of carbonyl (C=O) groups excluding carboxylic acids is 1. The average molecular weight is 258 g/mol. The Bertz CT molecular complexity index is 297. The zero-order valence-corrected chi connectivity index (χ0v) is 10.8. The van der Waals surface area contributed by atoms with Gasteiger partial charge in [0.2, 0.25) is 0 Å². The van der Waals surface area contributed by atoms with Crippen LogP contribution in [0.25, 0.3) is 0 Å². The Hall–Kier alpha value is -0.750. The molecule has 5 heteroatoms. The van der Waals surface area contributed by atoms with Gasteiger partial charge in [0.05, 0.1) is 18.1 Å². The van der Waals surface area contributed by atoms with E-state index in [9.17, 15) is 4.79 Å². The van der Waals surface area contributed by atoms with Gasteiger partial charge in [-0.15, -0.1) is 11.3 Å². The van der Waals surface area contributed by atoms with Gasteiger partial charge in [-0.3, -0.25) is 4.79 Å². The molecule has 1 heterocycles. The molecule has 0 aromatic carbocycles. The summed E-state index contributed by atoms with van der Waals surface area (Å²) in [6.45, 7) is 2.54. The van der Waals surface area contributed by atoms with E-state index in [1.165, 1.54) is 11.3 Å². The summed E-state index contributed by atoms with van der Waals surface area (Å²) in [5.74, 6) is 0.0419. The number of ether oxygens (including phenoxy) is 3. The minimum absolute atomic E-state index is 0.0419. The molecule has 0 N–H and O–H groups in total. The number of ketones is 1. The third kappa shape index (κ3) is 6.53. The van der Waals surface area contributed by atoms with E-state index in [0.717, 1.165) is 11.3 Å². The van der Waals surface area contributed by atoms with E-state index in [1.807, 2.05) is 17.5 Å². The van der Waals surface area contributed by atoms with Crippen LogP contribution < -0.4 is 0 Å². The fourth-order valence-corrected chi connectivity index (χ4v) is 1.83. The van der Waals surface area contributed by atoms with Crippen molar-refractivity contribution in [1.82, 2.24) is 0 Å². The van der Waals surface area contributed by atoms with Crippen molar-refractivity contribution >= 4 is 17.1 Å². The molecule has 0 radical (unpaired) electrons. The molecule has 0 atom stereocenters. The van der Waals surface area contributed by atoms with E-state index in [1.54, 1.807) is 7.11 Å². The van der Waals surface area contributed by atoms with E-state index in [2.05, 4.69) is 0 Å². The lowest BCUT2D eigenvalue weighted by Gasteiger charge is -2.04. The molecule has 1 rings (SSSR count). The first-order valence-electron chi connectivity index (χ1n) is 5.55. The number of methoxy groups -OCH3 is 1. The van der Waals surface area contributed by atoms with Crippen molar-refractivity contribution in [2.45, 2.75) is 6.42 Å². The molecule has 96 valence electrons. The molecule has 0 aliphatic rings. The molecule has 0 aliphatic carbocycles. The number of hydrogen-bond acceptors (Lipinski definition) is 5. The molecule has 0 fully saturated rings. The van der Waals surface area contributed by atoms with Crippen molar-refractivity contribution in [1.29, 1.82) is 0 Å². The lowest BCUT2D eigenvalue weighted by atomic mass is 10.3. The highest BCUT2D eigenvalue weighted by molar-refractivity contribution is 7.12. The van der Waals surface area contributed by atoms with Gasteiger partial charge in [-0.05, 0) is 17.9 Å². The third-order valence-electron chi connectivity index (χ3n) is 2.04. The van der Waals surface area contributed by atoms with E-state index in [-0.39, 0.29) is 12.4 Å². The van der Waals surface area contributed by atoms with Gasteiger partial charge in [-0.1, -0.05) is 6.07 Å². The van der Waals surface area contributed by atoms with E-state index >= 15 is 0 Å². The van der Waals surface area contributed by atoms with Crippen LogP contribution in [0.3, 0.4) is 0 Å². The van der Waals surface area contributed by atoms with Crippen LogP contribution in [-0.2, 0) is 14.2 Å². The lowest BCUT2D eigenvalue weighted by Crippen LogP contribution is -2.10. The van der Waals surface area contributed by atoms with E-state index < -0.39 is 0 Å². The Kier molecular flexibility index (Phi) is 7.83. The molecule has 0 unspecified atom stereocenters. The SMILES string of the molecule is COCCOCCCOCC(=O)c1cccs1. The van der Waals surface area contributed by atoms with Gasteiger partial charge in [-0.2, -0.15) is 0 Å². The van der Waals surface area contributed by atoms with Gasteiger partial charge < -0.3 is 14.2 Å². The predicted molar refractivity (Wildman–Crippen MR) is 66.8 cm³/mol. The second kappa shape index (κ2) is 9.30. The fraction of sp³-hybridized carbons (Fsp3) is 0.583. The fourth-order valence-electron chi connectivity index (χ4n) is 1.18. The number of thiophene rings is 1. The van der Waals surface area contributed by atoms with Crippen LogP contribution in [0.2, 0.25) is 0 Å². The molecular formula is C12H18O4S. The van der Waals surface area contributed by atoms with Gasteiger partial charge >= 0.3 is 0 Å². The Balaban J connectivity index is 1.92. The number of Topliss-reactive ketones (excluding diaryl/α,β-unsaturated/α-hetero) is 1. The summed E-state index contributed by atoms with van der Waals surface area (Å²) in [6.07, 6.45) is 0.793. The van der Waals surface area contributed by atoms with Gasteiger partial charge in [0.25, 0.3) is 0 Å². The molecular weight excluding hydrogens is 240 g/mol. The quantitative estimate of drug-likeness (QED) is 0.475. The topological polar surface area (TPSA) is 44.8 Å². The van der Waals surface area contributed by atoms with Crippen LogP contribution in [0.5, 0.6) is 0 Å². The highest BCUT2D eigenvalue weighted by Crippen LogP contribution is 2.09. The first-order valence-corrected chi connectivity index (χ1v) is 6.43. The molecule has 0 saturated carbocycles. The number of carbonyl (C=O) groups is 1. The normalized spacial score (nSPS) is 10.6. The highest BCUT2D eigenvalue weighted by Gasteiger charge is 2.05. The van der Waals surface area contributed by atoms with E-state index in [0.29, 0.717) is 26.4 Å². The Morgan fingerprint density at radius 3 is 2.76 bits per heavy atom. The average Bonchev–Trinajstić information content (AvgIpc) is 2.86. The van der Waals surface area contributed by atoms with Crippen LogP contribution in [0.15, 0.2) is 17.5 Å². The van der Waals surface area contributed by atoms with Gasteiger partial charge in [0.15, 0.2) is 5.78 Å². The Labute approximate surface area is 105 Å². The van der Waals surface area contributed by atoms with Crippen LogP contribution in [0, 0.1) is 0 Å². The smallest absolute Gasteiger partial charge is 0.198 e. The zero-order valence-electron chi connectivity index (χ0n) is 10.0. The summed E-state index contributed by atoms with van der Waals surface area (Å²) in [6, 6.07) is 3.67. The maximum absolute atomic E-state index is 11.5. The van der Waals surface area contributed by atoms with Crippen molar-refractivity contribution in [3.63, 3.8) is 0 Å². The lowest BCUT2D eigenvalue weighted by molar-refractivity contribution is 0.0490. The van der Waals surface area contributed by atoms with Crippen molar-refractivity contribution < 1.29 is 19.0 Å². The van der Waals surface area contributed by atoms with Crippen molar-refractivity contribution in [2.75, 3.05) is 40.1 Å². The summed E-state index contributed by atoms with van der Waals surface area (Å²) < 4.78 is 15.4. The first kappa shape index (κ1) is 14.3. The summed E-state index contributed by atoms with van der Waals surface area (Å²) >= 11 is 1.44. The highest BCUT2D eigenvalue weighted by atomic mass is 32.1. The standard InChI is InChI=1S/C12H18O4S/c1-14-7-8-15-5-3-6-16-10-11(13)12-4-2-9-17-12/h2,4,9H,3,5-8,10H2,1H3. The second-order valence-electron chi connectivity index (χ2n) is 3.41. The van der Waals surface area contributed by atoms with Gasteiger partial charge in [-0.25, -0.2) is 0 Å². The van der Waals surface area contributed by atoms with E-state index in [4.69, 9.17) is 14.2 Å². The van der Waals surface area contributed by atoms with Crippen LogP contribution in [0.1, 0.15) is 16.1 Å². The summed E-state index contributed by atoms with van der Waals surface area (Å²) in [5.41, 5.74) is 0. The maximum atomic E-state index is 11.5. The van der Waals surface area contributed by atoms with Crippen LogP contribution in [0.4, 0.5) is 0 Å². The number of rotatable bonds is 10. The zero-order chi connectivity index (χ0) is 12.3. The van der Waals surface area contributed by atoms with Crippen molar-refractivity contribution in [2.24, 2.45) is 0 Å². The maximum Gasteiger partial charge on any atom is 0.198 e. The Morgan fingerprint density at radius 1 is 1.24 bits per heavy atom. The second-order valence-corrected chi connectivity index (χ2v) is 4.36. The summed E-state index contributed by atoms with van der Waals surface area (Å²) in [5, 5.41) is 1.89. The molecule has 0 aliphatic heterocycles. The molecule has 4 nitrogen and oxygen atoms in total. The van der Waals surface area contributed by atoms with Crippen LogP contribution in [-0.4, -0.2) is 45.9 Å². The third-order valence-corrected chi connectivity index (χ3v) is 2.95. The molecule has 0 amide bonds. The minimum Gasteiger partial charge on any atom is -0.382 e. The minimum atomic E-state index is 0.0419. The monoisotopic (exact) mass is 258 g/mol. The molecule has 1 aromatic rings. The molecule has 1 aromatic heterocycles. The van der Waals surface area contributed by atoms with Crippen LogP contribution >= 0.6 is 11.3 Å². The Morgan fingerprint density at radius 2 is 2.06 bits per heavy atom. The van der Waals surface area contributed by atoms with Gasteiger partial charge in [0, 0.05) is 20.3 Å². The predicted octanol–water partition coefficient (Wildman–Crippen LogP) is 2.00. The first-order chi connectivity index (χ1) is 8.34. The molecule has 17 heavy (non-hydrogen) atoms. The van der Waals surface area contributed by atoms with Crippen molar-refractivity contribution in [3.8, 4) is 0 Å². The van der Waals surface area contributed by atoms with Crippen molar-refractivity contribution in [3.05, 3.63) is 22.4 Å². The summed E-state index contributed by atoms with van der Waals surface area (Å²) in [7, 11) is 1.64. The largest absolute Gasteiger partial charge is 0.382 e. The number of hydrogen-bond donors (Lipinski definition) is 0. The molecule has 0 spiro atoms. The molecule has 0 saturated heterocycles. The van der Waals surface area contributed by atoms with Gasteiger partial charge in [0.1, 0.15) is 6.61 Å².